The van der Waals surface area contributed by atoms with Gasteiger partial charge in [-0.05, 0) is 31.2 Å². The molecule has 1 saturated heterocycles. The number of amides is 1. The molecule has 0 unspecified atom stereocenters. The van der Waals surface area contributed by atoms with Crippen LogP contribution in [0.4, 0.5) is 10.1 Å². The van der Waals surface area contributed by atoms with Crippen LogP contribution in [-0.4, -0.2) is 16.0 Å². The van der Waals surface area contributed by atoms with E-state index in [9.17, 15) is 14.0 Å². The average molecular weight is 357 g/mol. The predicted molar refractivity (Wildman–Crippen MR) is 98.5 cm³/mol. The maximum atomic E-state index is 13.8. The van der Waals surface area contributed by atoms with E-state index < -0.39 is 5.82 Å². The Bertz CT molecular complexity index is 892. The lowest BCUT2D eigenvalue weighted by molar-refractivity contribution is -0.113. The Kier molecular flexibility index (Phi) is 4.59. The van der Waals surface area contributed by atoms with Gasteiger partial charge in [-0.3, -0.25) is 14.5 Å². The highest BCUT2D eigenvalue weighted by Crippen LogP contribution is 2.36. The first kappa shape index (κ1) is 16.5. The summed E-state index contributed by atoms with van der Waals surface area (Å²) in [7, 11) is 0. The van der Waals surface area contributed by atoms with Crippen LogP contribution in [0.1, 0.15) is 22.8 Å². The Morgan fingerprint density at radius 3 is 2.67 bits per heavy atom. The van der Waals surface area contributed by atoms with Crippen molar-refractivity contribution in [3.8, 4) is 0 Å². The summed E-state index contributed by atoms with van der Waals surface area (Å²) in [5, 5.41) is 0. The predicted octanol–water partition coefficient (Wildman–Crippen LogP) is 4.43. The van der Waals surface area contributed by atoms with Crippen LogP contribution >= 0.6 is 24.0 Å². The molecular weight excluding hydrogens is 345 g/mol. The topological polar surface area (TPSA) is 37.4 Å². The van der Waals surface area contributed by atoms with Crippen molar-refractivity contribution < 1.29 is 14.0 Å². The number of ketones is 1. The van der Waals surface area contributed by atoms with E-state index >= 15 is 0 Å². The van der Waals surface area contributed by atoms with Crippen LogP contribution in [0, 0.1) is 5.82 Å². The van der Waals surface area contributed by atoms with Gasteiger partial charge in [-0.1, -0.05) is 54.3 Å². The van der Waals surface area contributed by atoms with Gasteiger partial charge in [-0.25, -0.2) is 4.39 Å². The van der Waals surface area contributed by atoms with Crippen molar-refractivity contribution in [2.24, 2.45) is 0 Å². The number of nitrogens with zero attached hydrogens (tertiary/aromatic N) is 1. The molecule has 0 aliphatic carbocycles. The van der Waals surface area contributed by atoms with E-state index in [2.05, 4.69) is 0 Å². The molecule has 1 aliphatic rings. The minimum absolute atomic E-state index is 0.0933. The molecule has 1 aliphatic heterocycles. The summed E-state index contributed by atoms with van der Waals surface area (Å²) in [6.45, 7) is 1.46. The molecule has 0 radical (unpaired) electrons. The lowest BCUT2D eigenvalue weighted by atomic mass is 10.1. The first-order valence-corrected chi connectivity index (χ1v) is 8.33. The second kappa shape index (κ2) is 6.67. The third-order valence-corrected chi connectivity index (χ3v) is 4.80. The fourth-order valence-corrected chi connectivity index (χ4v) is 3.58. The van der Waals surface area contributed by atoms with Gasteiger partial charge in [0.2, 0.25) is 0 Å². The Labute approximate surface area is 148 Å². The summed E-state index contributed by atoms with van der Waals surface area (Å²) < 4.78 is 14.1. The Hall–Kier alpha value is -2.31. The molecule has 0 spiro atoms. The zero-order chi connectivity index (χ0) is 17.3. The quantitative estimate of drug-likeness (QED) is 0.462. The third-order valence-electron chi connectivity index (χ3n) is 3.50. The summed E-state index contributed by atoms with van der Waals surface area (Å²) in [5.41, 5.74) is 1.36. The summed E-state index contributed by atoms with van der Waals surface area (Å²) in [5.74, 6) is -0.820. The van der Waals surface area contributed by atoms with E-state index in [1.54, 1.807) is 42.5 Å². The Morgan fingerprint density at radius 2 is 1.96 bits per heavy atom. The highest BCUT2D eigenvalue weighted by Gasteiger charge is 2.33. The van der Waals surface area contributed by atoms with E-state index in [1.165, 1.54) is 24.0 Å². The lowest BCUT2D eigenvalue weighted by Crippen LogP contribution is -2.27. The molecule has 0 bridgehead atoms. The minimum atomic E-state index is -0.402. The van der Waals surface area contributed by atoms with Crippen molar-refractivity contribution >= 4 is 51.8 Å². The highest BCUT2D eigenvalue weighted by atomic mass is 32.2. The van der Waals surface area contributed by atoms with E-state index in [0.29, 0.717) is 26.0 Å². The Balaban J connectivity index is 1.97. The van der Waals surface area contributed by atoms with Gasteiger partial charge in [-0.15, -0.1) is 0 Å². The van der Waals surface area contributed by atoms with Crippen molar-refractivity contribution in [3.05, 3.63) is 70.4 Å². The third kappa shape index (κ3) is 3.16. The monoisotopic (exact) mass is 357 g/mol. The van der Waals surface area contributed by atoms with Crippen LogP contribution in [0.2, 0.25) is 0 Å². The maximum absolute atomic E-state index is 13.8. The summed E-state index contributed by atoms with van der Waals surface area (Å²) in [6, 6.07) is 12.9. The molecule has 1 heterocycles. The van der Waals surface area contributed by atoms with Gasteiger partial charge in [-0.2, -0.15) is 0 Å². The molecule has 24 heavy (non-hydrogen) atoms. The molecule has 1 amide bonds. The number of benzene rings is 2. The molecule has 0 N–H and O–H groups in total. The van der Waals surface area contributed by atoms with E-state index in [4.69, 9.17) is 12.2 Å². The lowest BCUT2D eigenvalue weighted by Gasteiger charge is -2.15. The number of anilines is 1. The zero-order valence-electron chi connectivity index (χ0n) is 12.7. The Morgan fingerprint density at radius 1 is 1.21 bits per heavy atom. The molecule has 3 rings (SSSR count). The van der Waals surface area contributed by atoms with Gasteiger partial charge < -0.3 is 0 Å². The van der Waals surface area contributed by atoms with Crippen molar-refractivity contribution in [2.75, 3.05) is 4.90 Å². The van der Waals surface area contributed by atoms with Crippen molar-refractivity contribution in [3.63, 3.8) is 0 Å². The number of rotatable bonds is 3. The van der Waals surface area contributed by atoms with E-state index in [-0.39, 0.29) is 11.7 Å². The molecule has 0 aromatic heterocycles. The largest absolute Gasteiger partial charge is 0.295 e. The molecule has 0 saturated carbocycles. The average Bonchev–Trinajstić information content (AvgIpc) is 2.83. The summed E-state index contributed by atoms with van der Waals surface area (Å²) in [4.78, 5) is 25.9. The van der Waals surface area contributed by atoms with Crippen LogP contribution in [0.5, 0.6) is 0 Å². The fourth-order valence-electron chi connectivity index (χ4n) is 2.29. The zero-order valence-corrected chi connectivity index (χ0v) is 14.3. The van der Waals surface area contributed by atoms with Gasteiger partial charge in [0.1, 0.15) is 5.82 Å². The number of Topliss-reactive ketones (excluding diaryl/α,β-unsaturated/α-hetero) is 1. The first-order chi connectivity index (χ1) is 11.5. The second-order valence-corrected chi connectivity index (χ2v) is 6.82. The first-order valence-electron chi connectivity index (χ1n) is 7.11. The number of carbonyl (C=O) groups excluding carboxylic acids is 2. The summed E-state index contributed by atoms with van der Waals surface area (Å²) >= 11 is 6.39. The van der Waals surface area contributed by atoms with Crippen LogP contribution in [0.15, 0.2) is 53.4 Å². The molecule has 2 aromatic rings. The number of carbonyl (C=O) groups is 2. The molecule has 0 atom stereocenters. The second-order valence-electron chi connectivity index (χ2n) is 5.15. The molecule has 6 heteroatoms. The van der Waals surface area contributed by atoms with Crippen LogP contribution < -0.4 is 4.90 Å². The maximum Gasteiger partial charge on any atom is 0.270 e. The number of thiocarbonyl (C=S) groups is 1. The number of hydrogen-bond donors (Lipinski definition) is 0. The van der Waals surface area contributed by atoms with Crippen molar-refractivity contribution in [2.45, 2.75) is 6.92 Å². The van der Waals surface area contributed by atoms with Crippen LogP contribution in [0.25, 0.3) is 6.08 Å². The smallest absolute Gasteiger partial charge is 0.270 e. The van der Waals surface area contributed by atoms with E-state index in [1.807, 2.05) is 0 Å². The van der Waals surface area contributed by atoms with Gasteiger partial charge in [0.15, 0.2) is 10.1 Å². The van der Waals surface area contributed by atoms with Crippen molar-refractivity contribution in [1.82, 2.24) is 0 Å². The molecule has 2 aromatic carbocycles. The van der Waals surface area contributed by atoms with E-state index in [0.717, 1.165) is 11.8 Å². The standard InChI is InChI=1S/C18H12FNO2S2/c1-11(21)12-6-4-7-14(9-12)20-17(22)16(24-18(20)23)10-13-5-2-3-8-15(13)19/h2-10H,1H3. The van der Waals surface area contributed by atoms with Crippen molar-refractivity contribution in [1.29, 1.82) is 0 Å². The van der Waals surface area contributed by atoms with Crippen LogP contribution in [0.3, 0.4) is 0 Å². The minimum Gasteiger partial charge on any atom is -0.295 e. The molecule has 120 valence electrons. The van der Waals surface area contributed by atoms with Gasteiger partial charge in [0, 0.05) is 11.1 Å². The number of halogens is 1. The molecule has 1 fully saturated rings. The van der Waals surface area contributed by atoms with Gasteiger partial charge >= 0.3 is 0 Å². The van der Waals surface area contributed by atoms with Gasteiger partial charge in [0.05, 0.1) is 10.6 Å². The SMILES string of the molecule is CC(=O)c1cccc(N2C(=O)C(=Cc3ccccc3F)SC2=S)c1. The number of thioether (sulfide) groups is 1. The molecular formula is C18H12FNO2S2. The number of hydrogen-bond acceptors (Lipinski definition) is 4. The highest BCUT2D eigenvalue weighted by molar-refractivity contribution is 8.27. The fraction of sp³-hybridized carbons (Fsp3) is 0.0556. The summed E-state index contributed by atoms with van der Waals surface area (Å²) in [6.07, 6.45) is 1.49. The van der Waals surface area contributed by atoms with Crippen LogP contribution in [-0.2, 0) is 4.79 Å². The molecule has 3 nitrogen and oxygen atoms in total. The van der Waals surface area contributed by atoms with Gasteiger partial charge in [0.25, 0.3) is 5.91 Å². The normalized spacial score (nSPS) is 16.1.